The van der Waals surface area contributed by atoms with Gasteiger partial charge in [0.05, 0.1) is 18.3 Å². The zero-order chi connectivity index (χ0) is 22.5. The summed E-state index contributed by atoms with van der Waals surface area (Å²) in [6.45, 7) is 14.3. The minimum absolute atomic E-state index is 0.00612. The van der Waals surface area contributed by atoms with E-state index in [1.54, 1.807) is 0 Å². The molecule has 168 valence electrons. The molecule has 0 aromatic carbocycles. The molecular formula is C23H40O6. The minimum atomic E-state index is -0.881. The molecule has 1 fully saturated rings. The molecule has 1 saturated carbocycles. The van der Waals surface area contributed by atoms with E-state index < -0.39 is 22.8 Å². The van der Waals surface area contributed by atoms with Gasteiger partial charge < -0.3 is 14.6 Å². The van der Waals surface area contributed by atoms with Gasteiger partial charge in [-0.2, -0.15) is 0 Å². The Bertz CT molecular complexity index is 589. The molecule has 6 heteroatoms. The van der Waals surface area contributed by atoms with Gasteiger partial charge >= 0.3 is 17.9 Å². The largest absolute Gasteiger partial charge is 0.481 e. The highest BCUT2D eigenvalue weighted by Gasteiger charge is 2.47. The smallest absolute Gasteiger partial charge is 0.312 e. The van der Waals surface area contributed by atoms with Gasteiger partial charge in [0.25, 0.3) is 0 Å². The Balaban J connectivity index is 2.56. The average Bonchev–Trinajstić information content (AvgIpc) is 2.95. The van der Waals surface area contributed by atoms with E-state index in [0.29, 0.717) is 6.42 Å². The van der Waals surface area contributed by atoms with Crippen LogP contribution in [0.4, 0.5) is 0 Å². The van der Waals surface area contributed by atoms with Gasteiger partial charge in [0, 0.05) is 0 Å². The second-order valence-electron chi connectivity index (χ2n) is 11.1. The Hall–Kier alpha value is -1.59. The predicted octanol–water partition coefficient (Wildman–Crippen LogP) is 4.99. The number of rotatable bonds is 9. The fourth-order valence-corrected chi connectivity index (χ4v) is 4.37. The topological polar surface area (TPSA) is 89.9 Å². The van der Waals surface area contributed by atoms with E-state index in [0.717, 1.165) is 25.7 Å². The number of ether oxygens (including phenoxy) is 2. The fourth-order valence-electron chi connectivity index (χ4n) is 4.37. The summed E-state index contributed by atoms with van der Waals surface area (Å²) in [5.74, 6) is -1.58. The molecule has 0 heterocycles. The molecule has 1 aliphatic carbocycles. The standard InChI is InChI=1S/C23H40O6/c1-20(2,3)16-22(7,21(4,5)6)19(27)29-13-12-28-18(26)15-23(14-17(24)25)10-8-9-11-23/h8-16H2,1-7H3,(H,24,25). The summed E-state index contributed by atoms with van der Waals surface area (Å²) in [6.07, 6.45) is 4.14. The van der Waals surface area contributed by atoms with Crippen molar-refractivity contribution in [2.45, 2.75) is 93.4 Å². The lowest BCUT2D eigenvalue weighted by molar-refractivity contribution is -0.168. The molecule has 0 aromatic rings. The number of hydrogen-bond donors (Lipinski definition) is 1. The number of carboxylic acids is 1. The minimum Gasteiger partial charge on any atom is -0.481 e. The van der Waals surface area contributed by atoms with Crippen molar-refractivity contribution in [2.24, 2.45) is 21.7 Å². The van der Waals surface area contributed by atoms with Crippen molar-refractivity contribution in [1.82, 2.24) is 0 Å². The molecule has 0 amide bonds. The van der Waals surface area contributed by atoms with Crippen LogP contribution in [0.1, 0.15) is 93.4 Å². The third-order valence-electron chi connectivity index (χ3n) is 6.28. The van der Waals surface area contributed by atoms with E-state index in [1.807, 2.05) is 27.7 Å². The van der Waals surface area contributed by atoms with Crippen molar-refractivity contribution in [2.75, 3.05) is 13.2 Å². The molecule has 0 radical (unpaired) electrons. The van der Waals surface area contributed by atoms with Gasteiger partial charge in [0.1, 0.15) is 13.2 Å². The predicted molar refractivity (Wildman–Crippen MR) is 111 cm³/mol. The van der Waals surface area contributed by atoms with Crippen LogP contribution in [0.25, 0.3) is 0 Å². The first-order valence-electron chi connectivity index (χ1n) is 10.7. The van der Waals surface area contributed by atoms with Crippen LogP contribution < -0.4 is 0 Å². The van der Waals surface area contributed by atoms with E-state index in [9.17, 15) is 14.4 Å². The number of carboxylic acid groups (broad SMARTS) is 1. The van der Waals surface area contributed by atoms with Gasteiger partial charge in [-0.3, -0.25) is 14.4 Å². The summed E-state index contributed by atoms with van der Waals surface area (Å²) in [5, 5.41) is 9.14. The second-order valence-corrected chi connectivity index (χ2v) is 11.1. The molecule has 1 unspecified atom stereocenters. The van der Waals surface area contributed by atoms with Crippen LogP contribution >= 0.6 is 0 Å². The Morgan fingerprint density at radius 1 is 0.862 bits per heavy atom. The van der Waals surface area contributed by atoms with Crippen molar-refractivity contribution >= 4 is 17.9 Å². The molecule has 0 saturated heterocycles. The van der Waals surface area contributed by atoms with Crippen molar-refractivity contribution in [3.63, 3.8) is 0 Å². The third-order valence-corrected chi connectivity index (χ3v) is 6.28. The highest BCUT2D eigenvalue weighted by Crippen LogP contribution is 2.47. The Kier molecular flexibility index (Phi) is 8.32. The van der Waals surface area contributed by atoms with Gasteiger partial charge in [-0.25, -0.2) is 0 Å². The number of carbonyl (C=O) groups excluding carboxylic acids is 2. The van der Waals surface area contributed by atoms with Gasteiger partial charge in [0.15, 0.2) is 0 Å². The molecule has 0 bridgehead atoms. The lowest BCUT2D eigenvalue weighted by Gasteiger charge is -2.43. The van der Waals surface area contributed by atoms with Gasteiger partial charge in [-0.15, -0.1) is 0 Å². The summed E-state index contributed by atoms with van der Waals surface area (Å²) < 4.78 is 10.7. The van der Waals surface area contributed by atoms with Crippen molar-refractivity contribution in [1.29, 1.82) is 0 Å². The van der Waals surface area contributed by atoms with Gasteiger partial charge in [-0.05, 0) is 42.4 Å². The van der Waals surface area contributed by atoms with Crippen LogP contribution in [0.15, 0.2) is 0 Å². The summed E-state index contributed by atoms with van der Waals surface area (Å²) >= 11 is 0. The Morgan fingerprint density at radius 3 is 1.83 bits per heavy atom. The highest BCUT2D eigenvalue weighted by molar-refractivity contribution is 5.77. The molecule has 1 aliphatic rings. The van der Waals surface area contributed by atoms with Crippen molar-refractivity contribution < 1.29 is 29.0 Å². The van der Waals surface area contributed by atoms with E-state index in [2.05, 4.69) is 20.8 Å². The Labute approximate surface area is 175 Å². The molecule has 0 spiro atoms. The first kappa shape index (κ1) is 25.4. The van der Waals surface area contributed by atoms with E-state index in [-0.39, 0.29) is 42.9 Å². The number of hydrogen-bond acceptors (Lipinski definition) is 5. The molecule has 1 atom stereocenters. The highest BCUT2D eigenvalue weighted by atomic mass is 16.6. The monoisotopic (exact) mass is 412 g/mol. The molecule has 1 rings (SSSR count). The SMILES string of the molecule is CC(C)(C)CC(C)(C(=O)OCCOC(=O)CC1(CC(=O)O)CCCC1)C(C)(C)C. The number of aliphatic carboxylic acids is 1. The molecule has 6 nitrogen and oxygen atoms in total. The maximum Gasteiger partial charge on any atom is 0.312 e. The van der Waals surface area contributed by atoms with Crippen LogP contribution in [-0.2, 0) is 23.9 Å². The molecule has 0 aliphatic heterocycles. The maximum absolute atomic E-state index is 12.9. The summed E-state index contributed by atoms with van der Waals surface area (Å²) in [4.78, 5) is 36.2. The molecule has 1 N–H and O–H groups in total. The van der Waals surface area contributed by atoms with Gasteiger partial charge in [-0.1, -0.05) is 54.4 Å². The zero-order valence-electron chi connectivity index (χ0n) is 19.4. The van der Waals surface area contributed by atoms with E-state index >= 15 is 0 Å². The zero-order valence-corrected chi connectivity index (χ0v) is 19.4. The quantitative estimate of drug-likeness (QED) is 0.424. The Morgan fingerprint density at radius 2 is 1.38 bits per heavy atom. The first-order chi connectivity index (χ1) is 13.1. The van der Waals surface area contributed by atoms with Crippen LogP contribution in [-0.4, -0.2) is 36.2 Å². The van der Waals surface area contributed by atoms with Crippen LogP contribution in [0.2, 0.25) is 0 Å². The molecule has 0 aromatic heterocycles. The van der Waals surface area contributed by atoms with E-state index in [4.69, 9.17) is 14.6 Å². The van der Waals surface area contributed by atoms with Crippen LogP contribution in [0, 0.1) is 21.7 Å². The molecule has 29 heavy (non-hydrogen) atoms. The summed E-state index contributed by atoms with van der Waals surface area (Å²) in [5.41, 5.74) is -1.46. The second kappa shape index (κ2) is 9.48. The summed E-state index contributed by atoms with van der Waals surface area (Å²) in [7, 11) is 0. The normalized spacial score (nSPS) is 18.7. The lowest BCUT2D eigenvalue weighted by atomic mass is 9.61. The lowest BCUT2D eigenvalue weighted by Crippen LogP contribution is -2.44. The maximum atomic E-state index is 12.9. The van der Waals surface area contributed by atoms with Crippen molar-refractivity contribution in [3.05, 3.63) is 0 Å². The number of esters is 2. The van der Waals surface area contributed by atoms with Crippen molar-refractivity contribution in [3.8, 4) is 0 Å². The molecular weight excluding hydrogens is 372 g/mol. The van der Waals surface area contributed by atoms with E-state index in [1.165, 1.54) is 0 Å². The van der Waals surface area contributed by atoms with Gasteiger partial charge in [0.2, 0.25) is 0 Å². The number of carbonyl (C=O) groups is 3. The average molecular weight is 413 g/mol. The van der Waals surface area contributed by atoms with Crippen LogP contribution in [0.5, 0.6) is 0 Å². The first-order valence-corrected chi connectivity index (χ1v) is 10.7. The fraction of sp³-hybridized carbons (Fsp3) is 0.870. The third kappa shape index (κ3) is 7.63. The summed E-state index contributed by atoms with van der Waals surface area (Å²) in [6, 6.07) is 0. The van der Waals surface area contributed by atoms with Crippen LogP contribution in [0.3, 0.4) is 0 Å².